The highest BCUT2D eigenvalue weighted by Gasteiger charge is 2.25. The van der Waals surface area contributed by atoms with E-state index in [1.807, 2.05) is 0 Å². The monoisotopic (exact) mass is 268 g/mol. The van der Waals surface area contributed by atoms with Crippen molar-refractivity contribution < 1.29 is 4.74 Å². The van der Waals surface area contributed by atoms with E-state index in [4.69, 9.17) is 4.74 Å². The van der Waals surface area contributed by atoms with Crippen LogP contribution in [-0.2, 0) is 4.74 Å². The molecule has 0 amide bonds. The molecule has 1 heterocycles. The summed E-state index contributed by atoms with van der Waals surface area (Å²) in [6.45, 7) is 9.07. The van der Waals surface area contributed by atoms with E-state index >= 15 is 0 Å². The van der Waals surface area contributed by atoms with Crippen LogP contribution in [0.5, 0.6) is 0 Å². The van der Waals surface area contributed by atoms with Gasteiger partial charge in [-0.1, -0.05) is 19.8 Å². The topological polar surface area (TPSA) is 24.5 Å². The molecule has 112 valence electrons. The average Bonchev–Trinajstić information content (AvgIpc) is 2.92. The lowest BCUT2D eigenvalue weighted by Crippen LogP contribution is -2.48. The largest absolute Gasteiger partial charge is 0.377 e. The molecule has 3 heteroatoms. The Balaban J connectivity index is 1.59. The number of nitrogens with zero attached hydrogens (tertiary/aromatic N) is 1. The predicted molar refractivity (Wildman–Crippen MR) is 80.6 cm³/mol. The van der Waals surface area contributed by atoms with Crippen molar-refractivity contribution in [3.8, 4) is 0 Å². The molecule has 1 saturated carbocycles. The van der Waals surface area contributed by atoms with E-state index in [0.29, 0.717) is 12.1 Å². The zero-order valence-corrected chi connectivity index (χ0v) is 12.9. The predicted octanol–water partition coefficient (Wildman–Crippen LogP) is 2.80. The van der Waals surface area contributed by atoms with Crippen molar-refractivity contribution in [2.24, 2.45) is 0 Å². The van der Waals surface area contributed by atoms with Crippen molar-refractivity contribution in [3.63, 3.8) is 0 Å². The van der Waals surface area contributed by atoms with Crippen LogP contribution in [0.1, 0.15) is 58.8 Å². The van der Waals surface area contributed by atoms with E-state index in [0.717, 1.165) is 19.2 Å². The first-order chi connectivity index (χ1) is 9.29. The standard InChI is InChI=1S/C16H32N2O/c1-3-9-17-15-8-10-18(14(2)13-15)11-12-19-16-6-4-5-7-16/h14-17H,3-13H2,1-2H3. The highest BCUT2D eigenvalue weighted by Crippen LogP contribution is 2.21. The van der Waals surface area contributed by atoms with Crippen LogP contribution in [0.3, 0.4) is 0 Å². The fraction of sp³-hybridized carbons (Fsp3) is 1.00. The Kier molecular flexibility index (Phi) is 6.62. The molecule has 0 aromatic rings. The van der Waals surface area contributed by atoms with Crippen LogP contribution in [0.15, 0.2) is 0 Å². The van der Waals surface area contributed by atoms with Crippen LogP contribution in [0.25, 0.3) is 0 Å². The van der Waals surface area contributed by atoms with Gasteiger partial charge in [-0.3, -0.25) is 4.90 Å². The van der Waals surface area contributed by atoms with Crippen LogP contribution in [0.2, 0.25) is 0 Å². The minimum Gasteiger partial charge on any atom is -0.377 e. The molecule has 1 N–H and O–H groups in total. The van der Waals surface area contributed by atoms with E-state index < -0.39 is 0 Å². The molecule has 2 atom stereocenters. The van der Waals surface area contributed by atoms with Gasteiger partial charge < -0.3 is 10.1 Å². The fourth-order valence-corrected chi connectivity index (χ4v) is 3.48. The first kappa shape index (κ1) is 15.3. The molecular weight excluding hydrogens is 236 g/mol. The zero-order valence-electron chi connectivity index (χ0n) is 12.9. The van der Waals surface area contributed by atoms with Crippen LogP contribution < -0.4 is 5.32 Å². The molecule has 0 bridgehead atoms. The van der Waals surface area contributed by atoms with Crippen LogP contribution >= 0.6 is 0 Å². The van der Waals surface area contributed by atoms with Gasteiger partial charge >= 0.3 is 0 Å². The van der Waals surface area contributed by atoms with E-state index in [1.165, 1.54) is 58.0 Å². The van der Waals surface area contributed by atoms with Gasteiger partial charge in [0.05, 0.1) is 12.7 Å². The Morgan fingerprint density at radius 3 is 2.68 bits per heavy atom. The van der Waals surface area contributed by atoms with Gasteiger partial charge in [0.25, 0.3) is 0 Å². The van der Waals surface area contributed by atoms with Gasteiger partial charge in [0.1, 0.15) is 0 Å². The summed E-state index contributed by atoms with van der Waals surface area (Å²) in [4.78, 5) is 2.61. The Bertz CT molecular complexity index is 241. The van der Waals surface area contributed by atoms with E-state index in [2.05, 4.69) is 24.1 Å². The van der Waals surface area contributed by atoms with E-state index in [1.54, 1.807) is 0 Å². The SMILES string of the molecule is CCCNC1CCN(CCOC2CCCC2)C(C)C1. The van der Waals surface area contributed by atoms with Crippen molar-refractivity contribution in [1.29, 1.82) is 0 Å². The lowest BCUT2D eigenvalue weighted by atomic mass is 9.98. The van der Waals surface area contributed by atoms with Crippen LogP contribution in [0.4, 0.5) is 0 Å². The highest BCUT2D eigenvalue weighted by atomic mass is 16.5. The van der Waals surface area contributed by atoms with E-state index in [9.17, 15) is 0 Å². The summed E-state index contributed by atoms with van der Waals surface area (Å²) in [5.74, 6) is 0. The van der Waals surface area contributed by atoms with Crippen LogP contribution in [0, 0.1) is 0 Å². The molecule has 0 aromatic heterocycles. The lowest BCUT2D eigenvalue weighted by Gasteiger charge is -2.38. The number of piperidine rings is 1. The van der Waals surface area contributed by atoms with Gasteiger partial charge in [0.15, 0.2) is 0 Å². The molecule has 2 rings (SSSR count). The molecule has 2 unspecified atom stereocenters. The summed E-state index contributed by atoms with van der Waals surface area (Å²) in [5, 5.41) is 3.67. The summed E-state index contributed by atoms with van der Waals surface area (Å²) in [6, 6.07) is 1.44. The van der Waals surface area contributed by atoms with E-state index in [-0.39, 0.29) is 0 Å². The first-order valence-electron chi connectivity index (χ1n) is 8.38. The molecule has 2 aliphatic rings. The molecule has 0 radical (unpaired) electrons. The second-order valence-electron chi connectivity index (χ2n) is 6.34. The molecule has 1 aliphatic heterocycles. The normalized spacial score (nSPS) is 30.0. The minimum absolute atomic E-state index is 0.569. The molecule has 2 fully saturated rings. The highest BCUT2D eigenvalue weighted by molar-refractivity contribution is 4.82. The molecule has 1 aliphatic carbocycles. The molecule has 3 nitrogen and oxygen atoms in total. The van der Waals surface area contributed by atoms with Gasteiger partial charge in [0.2, 0.25) is 0 Å². The maximum Gasteiger partial charge on any atom is 0.0597 e. The smallest absolute Gasteiger partial charge is 0.0597 e. The van der Waals surface area contributed by atoms with Gasteiger partial charge in [0, 0.05) is 18.6 Å². The average molecular weight is 268 g/mol. The fourth-order valence-electron chi connectivity index (χ4n) is 3.48. The lowest BCUT2D eigenvalue weighted by molar-refractivity contribution is 0.0258. The summed E-state index contributed by atoms with van der Waals surface area (Å²) in [6.07, 6.45) is 9.72. The minimum atomic E-state index is 0.569. The second-order valence-corrected chi connectivity index (χ2v) is 6.34. The maximum atomic E-state index is 5.99. The van der Waals surface area contributed by atoms with Gasteiger partial charge in [-0.2, -0.15) is 0 Å². The number of nitrogens with one attached hydrogen (secondary N) is 1. The molecule has 0 aromatic carbocycles. The quantitative estimate of drug-likeness (QED) is 0.768. The van der Waals surface area contributed by atoms with Crippen molar-refractivity contribution in [3.05, 3.63) is 0 Å². The number of ether oxygens (including phenoxy) is 1. The second kappa shape index (κ2) is 8.23. The van der Waals surface area contributed by atoms with Crippen molar-refractivity contribution in [2.75, 3.05) is 26.2 Å². The zero-order chi connectivity index (χ0) is 13.5. The van der Waals surface area contributed by atoms with Crippen LogP contribution in [-0.4, -0.2) is 49.3 Å². The number of hydrogen-bond donors (Lipinski definition) is 1. The van der Waals surface area contributed by atoms with Gasteiger partial charge in [-0.05, 0) is 52.1 Å². The van der Waals surface area contributed by atoms with Crippen molar-refractivity contribution in [2.45, 2.75) is 77.0 Å². The first-order valence-corrected chi connectivity index (χ1v) is 8.38. The summed E-state index contributed by atoms with van der Waals surface area (Å²) >= 11 is 0. The molecule has 0 spiro atoms. The summed E-state index contributed by atoms with van der Waals surface area (Å²) in [7, 11) is 0. The van der Waals surface area contributed by atoms with Crippen molar-refractivity contribution in [1.82, 2.24) is 10.2 Å². The summed E-state index contributed by atoms with van der Waals surface area (Å²) < 4.78 is 5.99. The number of rotatable bonds is 7. The van der Waals surface area contributed by atoms with Gasteiger partial charge in [-0.25, -0.2) is 0 Å². The third kappa shape index (κ3) is 5.05. The third-order valence-corrected chi connectivity index (χ3v) is 4.73. The van der Waals surface area contributed by atoms with Crippen molar-refractivity contribution >= 4 is 0 Å². The molecule has 1 saturated heterocycles. The summed E-state index contributed by atoms with van der Waals surface area (Å²) in [5.41, 5.74) is 0. The Morgan fingerprint density at radius 2 is 2.00 bits per heavy atom. The maximum absolute atomic E-state index is 5.99. The third-order valence-electron chi connectivity index (χ3n) is 4.73. The Morgan fingerprint density at radius 1 is 1.21 bits per heavy atom. The Hall–Kier alpha value is -0.120. The molecule has 19 heavy (non-hydrogen) atoms. The number of likely N-dealkylation sites (tertiary alicyclic amines) is 1. The molecular formula is C16H32N2O. The Labute approximate surface area is 119 Å². The number of hydrogen-bond acceptors (Lipinski definition) is 3. The van der Waals surface area contributed by atoms with Gasteiger partial charge in [-0.15, -0.1) is 0 Å².